The average Bonchev–Trinajstić information content (AvgIpc) is 2.96. The number of hydrogen-bond acceptors (Lipinski definition) is 7. The summed E-state index contributed by atoms with van der Waals surface area (Å²) in [6, 6.07) is 20.0. The van der Waals surface area contributed by atoms with Gasteiger partial charge >= 0.3 is 0 Å². The molecule has 0 fully saturated rings. The summed E-state index contributed by atoms with van der Waals surface area (Å²) in [5.41, 5.74) is 3.78. The van der Waals surface area contributed by atoms with Gasteiger partial charge in [0.1, 0.15) is 11.8 Å². The maximum atomic E-state index is 12.8. The number of ether oxygens (including phenoxy) is 3. The van der Waals surface area contributed by atoms with E-state index in [1.54, 1.807) is 54.6 Å². The van der Waals surface area contributed by atoms with E-state index in [1.807, 2.05) is 39.0 Å². The minimum atomic E-state index is -0.805. The van der Waals surface area contributed by atoms with Gasteiger partial charge in [-0.25, -0.2) is 5.43 Å². The van der Waals surface area contributed by atoms with E-state index in [0.717, 1.165) is 0 Å². The van der Waals surface area contributed by atoms with Crippen molar-refractivity contribution >= 4 is 41.2 Å². The van der Waals surface area contributed by atoms with Gasteiger partial charge in [0.25, 0.3) is 17.7 Å². The number of carbonyl (C=O) groups excluding carboxylic acids is 3. The van der Waals surface area contributed by atoms with E-state index >= 15 is 0 Å². The molecule has 10 nitrogen and oxygen atoms in total. The molecular formula is C31H35ClN4O6. The first kappa shape index (κ1) is 32.0. The van der Waals surface area contributed by atoms with Crippen molar-refractivity contribution in [3.05, 3.63) is 83.4 Å². The highest BCUT2D eigenvalue weighted by Gasteiger charge is 2.22. The van der Waals surface area contributed by atoms with E-state index in [9.17, 15) is 14.4 Å². The first-order valence-electron chi connectivity index (χ1n) is 13.5. The maximum absolute atomic E-state index is 12.8. The van der Waals surface area contributed by atoms with Crippen molar-refractivity contribution in [1.29, 1.82) is 0 Å². The molecule has 222 valence electrons. The number of hydrazone groups is 1. The Balaban J connectivity index is 1.55. The summed E-state index contributed by atoms with van der Waals surface area (Å²) in [6.07, 6.45) is 1.86. The van der Waals surface area contributed by atoms with E-state index in [2.05, 4.69) is 21.2 Å². The number of hydrogen-bond donors (Lipinski definition) is 3. The Hall–Kier alpha value is -4.57. The van der Waals surface area contributed by atoms with E-state index < -0.39 is 17.9 Å². The van der Waals surface area contributed by atoms with Gasteiger partial charge in [-0.2, -0.15) is 5.10 Å². The van der Waals surface area contributed by atoms with E-state index in [0.29, 0.717) is 46.5 Å². The summed E-state index contributed by atoms with van der Waals surface area (Å²) in [6.45, 7) is 5.65. The Morgan fingerprint density at radius 3 is 2.29 bits per heavy atom. The largest absolute Gasteiger partial charge is 0.490 e. The Labute approximate surface area is 250 Å². The van der Waals surface area contributed by atoms with E-state index in [-0.39, 0.29) is 25.0 Å². The molecule has 11 heteroatoms. The Bertz CT molecular complexity index is 1350. The molecule has 1 atom stereocenters. The van der Waals surface area contributed by atoms with Crippen molar-refractivity contribution in [2.45, 2.75) is 33.2 Å². The van der Waals surface area contributed by atoms with Gasteiger partial charge in [-0.1, -0.05) is 43.6 Å². The molecule has 0 aliphatic rings. The highest BCUT2D eigenvalue weighted by Crippen LogP contribution is 2.28. The number of para-hydroxylation sites is 1. The van der Waals surface area contributed by atoms with Crippen molar-refractivity contribution in [2.75, 3.05) is 25.1 Å². The van der Waals surface area contributed by atoms with Gasteiger partial charge in [-0.05, 0) is 79.4 Å². The zero-order valence-corrected chi connectivity index (χ0v) is 24.5. The van der Waals surface area contributed by atoms with Crippen LogP contribution in [-0.4, -0.2) is 49.8 Å². The molecule has 42 heavy (non-hydrogen) atoms. The first-order valence-corrected chi connectivity index (χ1v) is 13.9. The number of rotatable bonds is 15. The molecule has 3 aromatic rings. The lowest BCUT2D eigenvalue weighted by Crippen LogP contribution is -2.47. The van der Waals surface area contributed by atoms with Crippen LogP contribution in [0.4, 0.5) is 5.69 Å². The van der Waals surface area contributed by atoms with Crippen LogP contribution in [-0.2, 0) is 14.4 Å². The van der Waals surface area contributed by atoms with Crippen LogP contribution in [0.3, 0.4) is 0 Å². The minimum Gasteiger partial charge on any atom is -0.490 e. The fourth-order valence-electron chi connectivity index (χ4n) is 3.72. The first-order chi connectivity index (χ1) is 20.2. The Kier molecular flexibility index (Phi) is 12.7. The third-order valence-electron chi connectivity index (χ3n) is 5.61. The smallest absolute Gasteiger partial charge is 0.262 e. The molecule has 3 amide bonds. The number of carbonyl (C=O) groups is 3. The summed E-state index contributed by atoms with van der Waals surface area (Å²) in [5, 5.41) is 10.1. The monoisotopic (exact) mass is 594 g/mol. The molecular weight excluding hydrogens is 560 g/mol. The summed E-state index contributed by atoms with van der Waals surface area (Å²) in [4.78, 5) is 37.6. The van der Waals surface area contributed by atoms with Gasteiger partial charge in [0.05, 0.1) is 12.8 Å². The van der Waals surface area contributed by atoms with Crippen molar-refractivity contribution in [3.63, 3.8) is 0 Å². The van der Waals surface area contributed by atoms with Crippen LogP contribution in [0.2, 0.25) is 5.02 Å². The van der Waals surface area contributed by atoms with Gasteiger partial charge in [0.15, 0.2) is 24.7 Å². The zero-order chi connectivity index (χ0) is 30.3. The van der Waals surface area contributed by atoms with Crippen molar-refractivity contribution in [3.8, 4) is 17.2 Å². The van der Waals surface area contributed by atoms with Crippen LogP contribution in [0, 0.1) is 5.92 Å². The number of amides is 3. The molecule has 0 aliphatic heterocycles. The van der Waals surface area contributed by atoms with Crippen LogP contribution in [0.1, 0.15) is 32.8 Å². The van der Waals surface area contributed by atoms with Crippen LogP contribution in [0.25, 0.3) is 0 Å². The van der Waals surface area contributed by atoms with Gasteiger partial charge in [-0.3, -0.25) is 14.4 Å². The normalized spacial score (nSPS) is 11.5. The molecule has 0 saturated carbocycles. The predicted molar refractivity (Wildman–Crippen MR) is 162 cm³/mol. The molecule has 0 spiro atoms. The minimum absolute atomic E-state index is 0.137. The number of anilines is 1. The molecule has 3 aromatic carbocycles. The van der Waals surface area contributed by atoms with Crippen LogP contribution in [0.15, 0.2) is 77.9 Å². The topological polar surface area (TPSA) is 127 Å². The number of nitrogens with zero attached hydrogens (tertiary/aromatic N) is 1. The zero-order valence-electron chi connectivity index (χ0n) is 23.8. The second-order valence-electron chi connectivity index (χ2n) is 9.57. The number of benzene rings is 3. The summed E-state index contributed by atoms with van der Waals surface area (Å²) in [5.74, 6) is 0.225. The second kappa shape index (κ2) is 16.6. The van der Waals surface area contributed by atoms with Gasteiger partial charge in [0.2, 0.25) is 0 Å². The molecule has 0 bridgehead atoms. The molecule has 3 N–H and O–H groups in total. The molecule has 0 aliphatic carbocycles. The van der Waals surface area contributed by atoms with Crippen LogP contribution < -0.4 is 30.3 Å². The summed E-state index contributed by atoms with van der Waals surface area (Å²) in [7, 11) is 0. The van der Waals surface area contributed by atoms with Crippen LogP contribution in [0.5, 0.6) is 17.2 Å². The maximum Gasteiger partial charge on any atom is 0.262 e. The number of nitrogens with one attached hydrogen (secondary N) is 3. The molecule has 0 heterocycles. The third-order valence-corrected chi connectivity index (χ3v) is 5.87. The summed E-state index contributed by atoms with van der Waals surface area (Å²) < 4.78 is 16.8. The lowest BCUT2D eigenvalue weighted by molar-refractivity contribution is -0.130. The van der Waals surface area contributed by atoms with Crippen molar-refractivity contribution < 1.29 is 28.6 Å². The van der Waals surface area contributed by atoms with E-state index in [1.165, 1.54) is 6.21 Å². The lowest BCUT2D eigenvalue weighted by atomic mass is 10.0. The molecule has 0 unspecified atom stereocenters. The van der Waals surface area contributed by atoms with Gasteiger partial charge < -0.3 is 24.8 Å². The molecule has 3 rings (SSSR count). The lowest BCUT2D eigenvalue weighted by Gasteiger charge is -2.19. The molecule has 0 saturated heterocycles. The third kappa shape index (κ3) is 11.1. The van der Waals surface area contributed by atoms with Crippen LogP contribution >= 0.6 is 11.6 Å². The summed E-state index contributed by atoms with van der Waals surface area (Å²) >= 11 is 5.87. The average molecular weight is 595 g/mol. The van der Waals surface area contributed by atoms with Crippen molar-refractivity contribution in [1.82, 2.24) is 10.7 Å². The second-order valence-corrected chi connectivity index (χ2v) is 10.0. The van der Waals surface area contributed by atoms with Crippen molar-refractivity contribution in [2.24, 2.45) is 11.0 Å². The Morgan fingerprint density at radius 2 is 1.60 bits per heavy atom. The quantitative estimate of drug-likeness (QED) is 0.171. The SMILES string of the molecule is CCOc1cc(/C=N\NC(=O)[C@H](CC(C)C)NC(=O)COc2ccc(Cl)cc2)ccc1OCC(=O)Nc1ccccc1. The fraction of sp³-hybridized carbons (Fsp3) is 0.290. The highest BCUT2D eigenvalue weighted by atomic mass is 35.5. The molecule has 0 aromatic heterocycles. The molecule has 0 radical (unpaired) electrons. The highest BCUT2D eigenvalue weighted by molar-refractivity contribution is 6.30. The van der Waals surface area contributed by atoms with Gasteiger partial charge in [-0.15, -0.1) is 0 Å². The fourth-order valence-corrected chi connectivity index (χ4v) is 3.85. The number of halogens is 1. The predicted octanol–water partition coefficient (Wildman–Crippen LogP) is 4.82. The van der Waals surface area contributed by atoms with E-state index in [4.69, 9.17) is 25.8 Å². The Morgan fingerprint density at radius 1 is 0.881 bits per heavy atom. The standard InChI is InChI=1S/C31H35ClN4O6/c1-4-40-28-17-22(10-15-27(28)42-20-29(37)34-24-8-6-5-7-9-24)18-33-36-31(39)26(16-21(2)3)35-30(38)19-41-25-13-11-23(32)12-14-25/h5-15,17-18,21,26H,4,16,19-20H2,1-3H3,(H,34,37)(H,35,38)(H,36,39)/b33-18-/t26-/m0/s1. The van der Waals surface area contributed by atoms with Gasteiger partial charge in [0, 0.05) is 10.7 Å².